The van der Waals surface area contributed by atoms with Crippen LogP contribution in [-0.2, 0) is 43.2 Å². The molecule has 56 heavy (non-hydrogen) atoms. The molecule has 0 spiro atoms. The number of carbonyl (C=O) groups is 4. The average Bonchev–Trinajstić information content (AvgIpc) is 3.86. The number of likely N-dealkylation sites (tertiary alicyclic amines) is 1. The molecule has 9 atom stereocenters. The molecule has 0 bridgehead atoms. The minimum Gasteiger partial charge on any atom is -0.462 e. The number of ether oxygens (including phenoxy) is 2. The maximum absolute atomic E-state index is 14.0. The lowest BCUT2D eigenvalue weighted by molar-refractivity contribution is -0.277. The van der Waals surface area contributed by atoms with Gasteiger partial charge in [-0.1, -0.05) is 60.7 Å². The van der Waals surface area contributed by atoms with Crippen molar-refractivity contribution in [1.82, 2.24) is 20.5 Å². The number of fused-ring (bicyclic) bond motifs is 1. The van der Waals surface area contributed by atoms with E-state index in [1.807, 2.05) is 54.6 Å². The van der Waals surface area contributed by atoms with Gasteiger partial charge in [0.2, 0.25) is 29.9 Å². The van der Waals surface area contributed by atoms with Crippen molar-refractivity contribution in [3.63, 3.8) is 0 Å². The number of para-hydroxylation sites is 1. The molecular formula is C40H48N6O10. The van der Waals surface area contributed by atoms with Gasteiger partial charge in [-0.05, 0) is 54.2 Å². The molecule has 2 fully saturated rings. The number of aromatic nitrogens is 1. The molecule has 2 saturated heterocycles. The van der Waals surface area contributed by atoms with Gasteiger partial charge < -0.3 is 61.9 Å². The quantitative estimate of drug-likeness (QED) is 0.0719. The van der Waals surface area contributed by atoms with E-state index in [1.54, 1.807) is 30.5 Å². The van der Waals surface area contributed by atoms with Gasteiger partial charge in [0, 0.05) is 36.5 Å². The van der Waals surface area contributed by atoms with E-state index < -0.39 is 85.1 Å². The number of hydrogen-bond donors (Lipinski definition) is 9. The van der Waals surface area contributed by atoms with Crippen molar-refractivity contribution in [2.75, 3.05) is 13.2 Å². The SMILES string of the molecule is NC(=O)[C@H](Cc1ccccc1)NC(=O)[C@H](Cc1c[nH]c2ccccc12)NC(=O)[C@@H]1CCCN1C(=O)[C@@H](N)Cc1ccc(O[C@@H]2O[C@H](CO)[C@@H](O)[C@H](O)[C@H]2O)cc1. The molecule has 2 aliphatic rings. The summed E-state index contributed by atoms with van der Waals surface area (Å²) in [6.45, 7) is -0.306. The lowest BCUT2D eigenvalue weighted by atomic mass is 9.99. The predicted molar refractivity (Wildman–Crippen MR) is 202 cm³/mol. The van der Waals surface area contributed by atoms with Crippen molar-refractivity contribution in [2.24, 2.45) is 11.5 Å². The lowest BCUT2D eigenvalue weighted by Gasteiger charge is -2.39. The summed E-state index contributed by atoms with van der Waals surface area (Å²) in [6, 6.07) is 19.0. The molecule has 3 heterocycles. The molecular weight excluding hydrogens is 724 g/mol. The Morgan fingerprint density at radius 2 is 1.55 bits per heavy atom. The van der Waals surface area contributed by atoms with Crippen LogP contribution < -0.4 is 26.8 Å². The first-order chi connectivity index (χ1) is 26.9. The van der Waals surface area contributed by atoms with Crippen molar-refractivity contribution < 1.29 is 49.1 Å². The number of primary amides is 1. The number of hydrogen-bond acceptors (Lipinski definition) is 11. The number of nitrogens with zero attached hydrogens (tertiary/aromatic N) is 1. The molecule has 0 radical (unpaired) electrons. The Morgan fingerprint density at radius 3 is 2.27 bits per heavy atom. The molecule has 0 unspecified atom stereocenters. The molecule has 16 heteroatoms. The Morgan fingerprint density at radius 1 is 0.857 bits per heavy atom. The van der Waals surface area contributed by atoms with Gasteiger partial charge in [-0.15, -0.1) is 0 Å². The maximum Gasteiger partial charge on any atom is 0.243 e. The molecule has 1 aromatic heterocycles. The summed E-state index contributed by atoms with van der Waals surface area (Å²) in [5, 5.41) is 46.3. The second kappa shape index (κ2) is 18.1. The molecule has 0 aliphatic carbocycles. The first kappa shape index (κ1) is 40.3. The molecule has 0 saturated carbocycles. The van der Waals surface area contributed by atoms with E-state index in [9.17, 15) is 39.6 Å². The van der Waals surface area contributed by atoms with Gasteiger partial charge in [0.25, 0.3) is 0 Å². The highest BCUT2D eigenvalue weighted by Gasteiger charge is 2.45. The highest BCUT2D eigenvalue weighted by atomic mass is 16.7. The molecule has 4 amide bonds. The summed E-state index contributed by atoms with van der Waals surface area (Å²) in [6.07, 6.45) is -4.13. The van der Waals surface area contributed by atoms with E-state index in [1.165, 1.54) is 4.90 Å². The van der Waals surface area contributed by atoms with Gasteiger partial charge in [-0.2, -0.15) is 0 Å². The van der Waals surface area contributed by atoms with E-state index in [0.717, 1.165) is 22.0 Å². The van der Waals surface area contributed by atoms with Gasteiger partial charge in [-0.3, -0.25) is 19.2 Å². The zero-order valence-corrected chi connectivity index (χ0v) is 30.6. The number of aromatic amines is 1. The highest BCUT2D eigenvalue weighted by Crippen LogP contribution is 2.26. The molecule has 298 valence electrons. The van der Waals surface area contributed by atoms with Crippen LogP contribution in [-0.4, -0.2) is 122 Å². The minimum atomic E-state index is -1.59. The number of rotatable bonds is 15. The van der Waals surface area contributed by atoms with Gasteiger partial charge in [-0.25, -0.2) is 0 Å². The fourth-order valence-corrected chi connectivity index (χ4v) is 7.20. The molecule has 11 N–H and O–H groups in total. The van der Waals surface area contributed by atoms with Crippen molar-refractivity contribution in [3.05, 3.63) is 102 Å². The summed E-state index contributed by atoms with van der Waals surface area (Å²) >= 11 is 0. The highest BCUT2D eigenvalue weighted by molar-refractivity contribution is 5.95. The third-order valence-corrected chi connectivity index (χ3v) is 10.3. The number of H-pyrrole nitrogens is 1. The zero-order chi connectivity index (χ0) is 39.9. The van der Waals surface area contributed by atoms with Gasteiger partial charge >= 0.3 is 0 Å². The number of nitrogens with two attached hydrogens (primary N) is 2. The lowest BCUT2D eigenvalue weighted by Crippen LogP contribution is -2.60. The van der Waals surface area contributed by atoms with Crippen LogP contribution in [0.5, 0.6) is 5.75 Å². The Kier molecular flexibility index (Phi) is 13.0. The number of nitrogens with one attached hydrogen (secondary N) is 3. The number of aliphatic hydroxyl groups excluding tert-OH is 4. The fourth-order valence-electron chi connectivity index (χ4n) is 7.20. The number of amides is 4. The summed E-state index contributed by atoms with van der Waals surface area (Å²) in [4.78, 5) is 58.6. The second-order valence-electron chi connectivity index (χ2n) is 14.2. The van der Waals surface area contributed by atoms with Crippen molar-refractivity contribution in [2.45, 2.75) is 87.0 Å². The van der Waals surface area contributed by atoms with Crippen LogP contribution in [0.4, 0.5) is 0 Å². The first-order valence-electron chi connectivity index (χ1n) is 18.5. The summed E-state index contributed by atoms with van der Waals surface area (Å²) < 4.78 is 11.0. The molecule has 6 rings (SSSR count). The van der Waals surface area contributed by atoms with Crippen LogP contribution in [0.25, 0.3) is 10.9 Å². The van der Waals surface area contributed by atoms with E-state index in [4.69, 9.17) is 20.9 Å². The largest absolute Gasteiger partial charge is 0.462 e. The van der Waals surface area contributed by atoms with E-state index >= 15 is 0 Å². The van der Waals surface area contributed by atoms with Crippen LogP contribution in [0.2, 0.25) is 0 Å². The molecule has 4 aromatic rings. The van der Waals surface area contributed by atoms with Crippen molar-refractivity contribution in [3.8, 4) is 5.75 Å². The van der Waals surface area contributed by atoms with Crippen molar-refractivity contribution in [1.29, 1.82) is 0 Å². The van der Waals surface area contributed by atoms with Crippen LogP contribution in [0, 0.1) is 0 Å². The summed E-state index contributed by atoms with van der Waals surface area (Å²) in [5.74, 6) is -2.05. The molecule has 3 aromatic carbocycles. The van der Waals surface area contributed by atoms with Gasteiger partial charge in [0.15, 0.2) is 0 Å². The van der Waals surface area contributed by atoms with Crippen LogP contribution in [0.15, 0.2) is 85.1 Å². The van der Waals surface area contributed by atoms with E-state index in [0.29, 0.717) is 18.4 Å². The van der Waals surface area contributed by atoms with Crippen LogP contribution in [0.3, 0.4) is 0 Å². The third-order valence-electron chi connectivity index (χ3n) is 10.3. The number of benzene rings is 3. The Balaban J connectivity index is 1.11. The Hall–Kier alpha value is -5.36. The number of carbonyl (C=O) groups excluding carboxylic acids is 4. The second-order valence-corrected chi connectivity index (χ2v) is 14.2. The normalized spacial score (nSPS) is 23.9. The number of aliphatic hydroxyl groups is 4. The minimum absolute atomic E-state index is 0.0919. The Labute approximate surface area is 322 Å². The van der Waals surface area contributed by atoms with Crippen molar-refractivity contribution >= 4 is 34.5 Å². The predicted octanol–water partition coefficient (Wildman–Crippen LogP) is -0.852. The van der Waals surface area contributed by atoms with Crippen LogP contribution in [0.1, 0.15) is 29.5 Å². The van der Waals surface area contributed by atoms with E-state index in [-0.39, 0.29) is 31.6 Å². The van der Waals surface area contributed by atoms with E-state index in [2.05, 4.69) is 15.6 Å². The first-order valence-corrected chi connectivity index (χ1v) is 18.5. The fraction of sp³-hybridized carbons (Fsp3) is 0.400. The average molecular weight is 773 g/mol. The molecule has 2 aliphatic heterocycles. The Bertz CT molecular complexity index is 1970. The third kappa shape index (κ3) is 9.35. The van der Waals surface area contributed by atoms with Crippen LogP contribution >= 0.6 is 0 Å². The smallest absolute Gasteiger partial charge is 0.243 e. The summed E-state index contributed by atoms with van der Waals surface area (Å²) in [5.41, 5.74) is 15.2. The van der Waals surface area contributed by atoms with Gasteiger partial charge in [0.1, 0.15) is 48.3 Å². The monoisotopic (exact) mass is 772 g/mol. The maximum atomic E-state index is 14.0. The zero-order valence-electron chi connectivity index (χ0n) is 30.6. The molecule has 16 nitrogen and oxygen atoms in total. The topological polar surface area (TPSA) is 263 Å². The summed E-state index contributed by atoms with van der Waals surface area (Å²) in [7, 11) is 0. The van der Waals surface area contributed by atoms with Gasteiger partial charge in [0.05, 0.1) is 12.6 Å². The standard InChI is InChI=1S/C40H48N6O10/c41-27(17-23-12-14-25(15-13-23)55-40-35(50)34(49)33(48)32(21-47)56-40)39(54)46-16-6-11-31(46)38(53)45-30(19-24-20-43-28-10-5-4-9-26(24)28)37(52)44-29(36(42)51)18-22-7-2-1-3-8-22/h1-5,7-10,12-15,20,27,29-35,40,43,47-50H,6,11,16-19,21,41H2,(H2,42,51)(H,44,52)(H,45,53)/t27-,29-,30-,31-,32+,33+,34-,35+,40+/m0/s1.